The highest BCUT2D eigenvalue weighted by atomic mass is 79.9. The van der Waals surface area contributed by atoms with Gasteiger partial charge in [0.15, 0.2) is 17.3 Å². The second kappa shape index (κ2) is 9.78. The molecule has 2 aromatic carbocycles. The molecule has 2 N–H and O–H groups in total. The molecule has 36 heavy (non-hydrogen) atoms. The molecule has 0 radical (unpaired) electrons. The largest absolute Gasteiger partial charge is 0.454 e. The van der Waals surface area contributed by atoms with Gasteiger partial charge in [0.2, 0.25) is 12.7 Å². The van der Waals surface area contributed by atoms with E-state index in [0.717, 1.165) is 21.6 Å². The summed E-state index contributed by atoms with van der Waals surface area (Å²) in [6.45, 7) is 4.45. The Morgan fingerprint density at radius 3 is 2.64 bits per heavy atom. The zero-order chi connectivity index (χ0) is 25.3. The number of hydrogen-bond donors (Lipinski definition) is 2. The van der Waals surface area contributed by atoms with Crippen LogP contribution in [0.3, 0.4) is 0 Å². The first-order chi connectivity index (χ1) is 17.3. The summed E-state index contributed by atoms with van der Waals surface area (Å²) < 4.78 is 42.2. The van der Waals surface area contributed by atoms with E-state index in [-0.39, 0.29) is 17.4 Å². The van der Waals surface area contributed by atoms with Gasteiger partial charge in [0.05, 0.1) is 16.8 Å². The van der Waals surface area contributed by atoms with Gasteiger partial charge in [-0.15, -0.1) is 0 Å². The molecule has 0 spiro atoms. The van der Waals surface area contributed by atoms with Crippen LogP contribution in [0.25, 0.3) is 5.95 Å². The summed E-state index contributed by atoms with van der Waals surface area (Å²) in [5, 5.41) is 3.24. The number of fused-ring (bicyclic) bond motifs is 1. The van der Waals surface area contributed by atoms with Crippen molar-refractivity contribution in [1.82, 2.24) is 19.5 Å². The van der Waals surface area contributed by atoms with E-state index in [2.05, 4.69) is 40.9 Å². The van der Waals surface area contributed by atoms with Crippen LogP contribution in [0.15, 0.2) is 64.2 Å². The number of benzene rings is 2. The molecule has 0 amide bonds. The van der Waals surface area contributed by atoms with Gasteiger partial charge in [-0.1, -0.05) is 28.9 Å². The molecule has 2 aromatic heterocycles. The van der Waals surface area contributed by atoms with Crippen molar-refractivity contribution >= 4 is 37.5 Å². The van der Waals surface area contributed by atoms with Crippen molar-refractivity contribution in [3.63, 3.8) is 0 Å². The summed E-state index contributed by atoms with van der Waals surface area (Å²) >= 11 is 3.33. The molecular weight excluding hydrogens is 548 g/mol. The number of imidazole rings is 1. The molecule has 0 bridgehead atoms. The summed E-state index contributed by atoms with van der Waals surface area (Å²) in [4.78, 5) is 13.7. The predicted molar refractivity (Wildman–Crippen MR) is 138 cm³/mol. The minimum absolute atomic E-state index is 0.120. The van der Waals surface area contributed by atoms with E-state index in [1.165, 1.54) is 18.3 Å². The van der Waals surface area contributed by atoms with Gasteiger partial charge < -0.3 is 14.8 Å². The molecule has 3 heterocycles. The lowest BCUT2D eigenvalue weighted by Gasteiger charge is -2.15. The van der Waals surface area contributed by atoms with Crippen LogP contribution in [0.4, 0.5) is 11.5 Å². The standard InChI is InChI=1S/C24H23BrN6O4S/c1-3-22-28-15(2)13-31(22)24-27-12-19(30-36(32,33)18-7-5-17(25)6-8-18)23(29-24)26-11-16-4-9-20-21(10-16)35-14-34-20/h4-10,12-13,30H,3,11,14H2,1-2H3,(H,26,27,29). The van der Waals surface area contributed by atoms with Crippen molar-refractivity contribution in [3.8, 4) is 17.4 Å². The molecule has 10 nitrogen and oxygen atoms in total. The minimum atomic E-state index is -3.88. The average molecular weight is 571 g/mol. The fourth-order valence-corrected chi connectivity index (χ4v) is 5.04. The zero-order valence-electron chi connectivity index (χ0n) is 19.5. The van der Waals surface area contributed by atoms with Gasteiger partial charge >= 0.3 is 0 Å². The quantitative estimate of drug-likeness (QED) is 0.319. The highest BCUT2D eigenvalue weighted by Gasteiger charge is 2.20. The van der Waals surface area contributed by atoms with E-state index in [1.807, 2.05) is 38.2 Å². The number of nitrogens with zero attached hydrogens (tertiary/aromatic N) is 4. The normalized spacial score (nSPS) is 12.5. The van der Waals surface area contributed by atoms with Crippen molar-refractivity contribution in [1.29, 1.82) is 0 Å². The van der Waals surface area contributed by atoms with E-state index in [1.54, 1.807) is 16.7 Å². The van der Waals surface area contributed by atoms with Crippen molar-refractivity contribution in [3.05, 3.63) is 76.4 Å². The Morgan fingerprint density at radius 1 is 1.08 bits per heavy atom. The Bertz CT molecular complexity index is 1520. The van der Waals surface area contributed by atoms with Gasteiger partial charge in [0.1, 0.15) is 11.5 Å². The number of sulfonamides is 1. The van der Waals surface area contributed by atoms with Crippen LogP contribution >= 0.6 is 15.9 Å². The van der Waals surface area contributed by atoms with Crippen LogP contribution in [0.2, 0.25) is 0 Å². The fourth-order valence-electron chi connectivity index (χ4n) is 3.72. The van der Waals surface area contributed by atoms with Crippen LogP contribution in [0.5, 0.6) is 11.5 Å². The van der Waals surface area contributed by atoms with Crippen LogP contribution in [-0.4, -0.2) is 34.7 Å². The lowest BCUT2D eigenvalue weighted by atomic mass is 10.2. The fraction of sp³-hybridized carbons (Fsp3) is 0.208. The van der Waals surface area contributed by atoms with E-state index in [9.17, 15) is 8.42 Å². The number of anilines is 2. The Balaban J connectivity index is 1.49. The van der Waals surface area contributed by atoms with E-state index in [0.29, 0.717) is 36.2 Å². The van der Waals surface area contributed by atoms with Gasteiger partial charge in [0.25, 0.3) is 10.0 Å². The third kappa shape index (κ3) is 5.00. The molecule has 0 aliphatic carbocycles. The molecule has 1 aliphatic heterocycles. The first kappa shape index (κ1) is 24.1. The molecule has 1 aliphatic rings. The van der Waals surface area contributed by atoms with E-state index in [4.69, 9.17) is 9.47 Å². The molecule has 0 fully saturated rings. The van der Waals surface area contributed by atoms with Crippen LogP contribution in [-0.2, 0) is 23.0 Å². The third-order valence-corrected chi connectivity index (χ3v) is 7.38. The van der Waals surface area contributed by atoms with Crippen molar-refractivity contribution in [2.75, 3.05) is 16.8 Å². The van der Waals surface area contributed by atoms with E-state index < -0.39 is 10.0 Å². The maximum Gasteiger partial charge on any atom is 0.262 e. The van der Waals surface area contributed by atoms with Gasteiger partial charge in [-0.05, 0) is 48.9 Å². The van der Waals surface area contributed by atoms with Crippen LogP contribution < -0.4 is 19.5 Å². The molecule has 4 aromatic rings. The van der Waals surface area contributed by atoms with Gasteiger partial charge in [-0.25, -0.2) is 18.4 Å². The second-order valence-corrected chi connectivity index (χ2v) is 10.7. The molecular formula is C24H23BrN6O4S. The topological polar surface area (TPSA) is 120 Å². The predicted octanol–water partition coefficient (Wildman–Crippen LogP) is 4.44. The molecule has 5 rings (SSSR count). The maximum absolute atomic E-state index is 13.1. The van der Waals surface area contributed by atoms with Crippen LogP contribution in [0.1, 0.15) is 24.0 Å². The summed E-state index contributed by atoms with van der Waals surface area (Å²) in [5.41, 5.74) is 1.97. The molecule has 0 saturated heterocycles. The summed E-state index contributed by atoms with van der Waals surface area (Å²) in [7, 11) is -3.88. The molecule has 186 valence electrons. The number of aromatic nitrogens is 4. The number of halogens is 1. The van der Waals surface area contributed by atoms with Gasteiger partial charge in [0, 0.05) is 23.6 Å². The van der Waals surface area contributed by atoms with Gasteiger partial charge in [-0.2, -0.15) is 4.98 Å². The lowest BCUT2D eigenvalue weighted by Crippen LogP contribution is -2.17. The average Bonchev–Trinajstić information content (AvgIpc) is 3.49. The number of aryl methyl sites for hydroxylation is 2. The number of nitrogens with one attached hydrogen (secondary N) is 2. The Morgan fingerprint density at radius 2 is 1.86 bits per heavy atom. The van der Waals surface area contributed by atoms with Crippen molar-refractivity contribution in [2.24, 2.45) is 0 Å². The number of hydrogen-bond acceptors (Lipinski definition) is 8. The molecule has 0 unspecified atom stereocenters. The smallest absolute Gasteiger partial charge is 0.262 e. The van der Waals surface area contributed by atoms with Crippen molar-refractivity contribution < 1.29 is 17.9 Å². The molecule has 0 saturated carbocycles. The lowest BCUT2D eigenvalue weighted by molar-refractivity contribution is 0.174. The Hall–Kier alpha value is -3.64. The summed E-state index contributed by atoms with van der Waals surface area (Å²) in [5.74, 6) is 2.86. The number of rotatable bonds is 8. The number of ether oxygens (including phenoxy) is 2. The maximum atomic E-state index is 13.1. The van der Waals surface area contributed by atoms with Crippen LogP contribution in [0, 0.1) is 6.92 Å². The SMILES string of the molecule is CCc1nc(C)cn1-c1ncc(NS(=O)(=O)c2ccc(Br)cc2)c(NCc2ccc3c(c2)OCO3)n1. The highest BCUT2D eigenvalue weighted by Crippen LogP contribution is 2.33. The molecule has 0 atom stereocenters. The molecule has 12 heteroatoms. The van der Waals surface area contributed by atoms with Gasteiger partial charge in [-0.3, -0.25) is 9.29 Å². The first-order valence-electron chi connectivity index (χ1n) is 11.2. The Kier molecular flexibility index (Phi) is 6.54. The first-order valence-corrected chi connectivity index (χ1v) is 13.4. The second-order valence-electron chi connectivity index (χ2n) is 8.05. The highest BCUT2D eigenvalue weighted by molar-refractivity contribution is 9.10. The third-order valence-electron chi connectivity index (χ3n) is 5.47. The van der Waals surface area contributed by atoms with Crippen molar-refractivity contribution in [2.45, 2.75) is 31.7 Å². The van der Waals surface area contributed by atoms with E-state index >= 15 is 0 Å². The zero-order valence-corrected chi connectivity index (χ0v) is 21.9. The minimum Gasteiger partial charge on any atom is -0.454 e. The Labute approximate surface area is 216 Å². The summed E-state index contributed by atoms with van der Waals surface area (Å²) in [6, 6.07) is 12.0. The summed E-state index contributed by atoms with van der Waals surface area (Å²) in [6.07, 6.45) is 3.99. The monoisotopic (exact) mass is 570 g/mol.